The number of rotatable bonds is 6. The third-order valence-corrected chi connectivity index (χ3v) is 9.42. The molecular weight excluding hydrogens is 493 g/mol. The van der Waals surface area contributed by atoms with E-state index in [1.54, 1.807) is 0 Å². The van der Waals surface area contributed by atoms with Gasteiger partial charge in [0.05, 0.1) is 11.7 Å². The van der Waals surface area contributed by atoms with Gasteiger partial charge in [-0.2, -0.15) is 0 Å². The SMILES string of the molecule is Cc1cccc(C(=O)N2CCC(N3CCC(C)(C(Cl)(Cl)c4ccc(OC(C)C)cc4)CC3)CC2)c1N. The van der Waals surface area contributed by atoms with Gasteiger partial charge in [-0.05, 0) is 88.9 Å². The summed E-state index contributed by atoms with van der Waals surface area (Å²) in [5, 5.41) is 0. The van der Waals surface area contributed by atoms with Gasteiger partial charge in [0.25, 0.3) is 5.91 Å². The van der Waals surface area contributed by atoms with Crippen LogP contribution in [0.5, 0.6) is 5.75 Å². The van der Waals surface area contributed by atoms with Crippen molar-refractivity contribution >= 4 is 34.8 Å². The smallest absolute Gasteiger partial charge is 0.255 e. The minimum atomic E-state index is -0.973. The van der Waals surface area contributed by atoms with Crippen LogP contribution in [0.15, 0.2) is 42.5 Å². The number of aryl methyl sites for hydroxylation is 1. The Morgan fingerprint density at radius 2 is 1.67 bits per heavy atom. The highest BCUT2D eigenvalue weighted by Crippen LogP contribution is 2.55. The minimum absolute atomic E-state index is 0.0414. The number of halogens is 2. The molecule has 2 saturated heterocycles. The van der Waals surface area contributed by atoms with Gasteiger partial charge in [0, 0.05) is 30.2 Å². The molecule has 2 aromatic rings. The predicted octanol–water partition coefficient (Wildman–Crippen LogP) is 6.40. The van der Waals surface area contributed by atoms with Crippen molar-refractivity contribution in [2.24, 2.45) is 5.41 Å². The second kappa shape index (κ2) is 10.8. The lowest BCUT2D eigenvalue weighted by molar-refractivity contribution is 0.0382. The van der Waals surface area contributed by atoms with Crippen molar-refractivity contribution in [1.82, 2.24) is 9.80 Å². The van der Waals surface area contributed by atoms with Crippen molar-refractivity contribution in [3.8, 4) is 5.75 Å². The normalized spacial score (nSPS) is 19.5. The van der Waals surface area contributed by atoms with E-state index in [-0.39, 0.29) is 17.4 Å². The van der Waals surface area contributed by atoms with Crippen molar-refractivity contribution in [3.63, 3.8) is 0 Å². The maximum Gasteiger partial charge on any atom is 0.255 e. The van der Waals surface area contributed by atoms with Gasteiger partial charge in [0.1, 0.15) is 10.1 Å². The van der Waals surface area contributed by atoms with E-state index in [9.17, 15) is 4.79 Å². The Bertz CT molecular complexity index is 1050. The highest BCUT2D eigenvalue weighted by Gasteiger charge is 2.49. The third-order valence-electron chi connectivity index (χ3n) is 8.07. The van der Waals surface area contributed by atoms with Crippen molar-refractivity contribution in [2.45, 2.75) is 69.9 Å². The number of hydrogen-bond acceptors (Lipinski definition) is 4. The molecule has 1 amide bonds. The first-order valence-corrected chi connectivity index (χ1v) is 13.8. The van der Waals surface area contributed by atoms with Gasteiger partial charge in [-0.25, -0.2) is 0 Å². The number of alkyl halides is 2. The molecule has 2 aromatic carbocycles. The van der Waals surface area contributed by atoms with E-state index in [0.717, 1.165) is 68.7 Å². The Labute approximate surface area is 225 Å². The first-order valence-electron chi connectivity index (χ1n) is 13.1. The van der Waals surface area contributed by atoms with Crippen LogP contribution in [0.3, 0.4) is 0 Å². The second-order valence-corrected chi connectivity index (χ2v) is 12.2. The topological polar surface area (TPSA) is 58.8 Å². The lowest BCUT2D eigenvalue weighted by Crippen LogP contribution is -2.52. The molecule has 0 spiro atoms. The molecule has 0 radical (unpaired) electrons. The predicted molar refractivity (Wildman–Crippen MR) is 149 cm³/mol. The summed E-state index contributed by atoms with van der Waals surface area (Å²) in [4.78, 5) is 17.6. The number of benzene rings is 2. The Morgan fingerprint density at radius 3 is 2.25 bits per heavy atom. The van der Waals surface area contributed by atoms with E-state index in [2.05, 4.69) is 11.8 Å². The van der Waals surface area contributed by atoms with E-state index in [0.29, 0.717) is 17.3 Å². The number of nitrogens with two attached hydrogens (primary N) is 1. The van der Waals surface area contributed by atoms with Gasteiger partial charge >= 0.3 is 0 Å². The number of nitrogen functional groups attached to an aromatic ring is 1. The molecule has 2 aliphatic heterocycles. The zero-order valence-corrected chi connectivity index (χ0v) is 23.4. The van der Waals surface area contributed by atoms with Gasteiger partial charge < -0.3 is 20.3 Å². The molecule has 0 saturated carbocycles. The molecule has 2 N–H and O–H groups in total. The Kier molecular flexibility index (Phi) is 8.13. The number of carbonyl (C=O) groups is 1. The average molecular weight is 533 g/mol. The summed E-state index contributed by atoms with van der Waals surface area (Å²) in [6.45, 7) is 11.6. The number of anilines is 1. The van der Waals surface area contributed by atoms with E-state index in [1.165, 1.54) is 0 Å². The monoisotopic (exact) mass is 531 g/mol. The number of likely N-dealkylation sites (tertiary alicyclic amines) is 2. The van der Waals surface area contributed by atoms with Crippen LogP contribution in [-0.4, -0.2) is 54.0 Å². The molecule has 2 aliphatic rings. The zero-order valence-electron chi connectivity index (χ0n) is 21.9. The first-order chi connectivity index (χ1) is 17.0. The molecule has 0 bridgehead atoms. The van der Waals surface area contributed by atoms with Crippen molar-refractivity contribution in [2.75, 3.05) is 31.9 Å². The lowest BCUT2D eigenvalue weighted by Gasteiger charge is -2.49. The van der Waals surface area contributed by atoms with E-state index in [4.69, 9.17) is 33.7 Å². The van der Waals surface area contributed by atoms with Gasteiger partial charge in [0.2, 0.25) is 0 Å². The molecule has 7 heteroatoms. The molecule has 36 heavy (non-hydrogen) atoms. The number of piperidine rings is 2. The van der Waals surface area contributed by atoms with Crippen molar-refractivity contribution in [3.05, 3.63) is 59.2 Å². The van der Waals surface area contributed by atoms with Crippen LogP contribution in [0.25, 0.3) is 0 Å². The van der Waals surface area contributed by atoms with E-state index < -0.39 is 4.33 Å². The third kappa shape index (κ3) is 5.49. The first kappa shape index (κ1) is 27.1. The van der Waals surface area contributed by atoms with Crippen molar-refractivity contribution < 1.29 is 9.53 Å². The van der Waals surface area contributed by atoms with E-state index >= 15 is 0 Å². The van der Waals surface area contributed by atoms with Gasteiger partial charge in [0.15, 0.2) is 0 Å². The summed E-state index contributed by atoms with van der Waals surface area (Å²) in [6, 6.07) is 14.0. The average Bonchev–Trinajstić information content (AvgIpc) is 2.86. The molecule has 0 aliphatic carbocycles. The number of hydrogen-bond donors (Lipinski definition) is 1. The standard InChI is InChI=1S/C29H39Cl2N3O2/c1-20(2)36-24-10-8-22(9-11-24)29(30,31)28(4)14-18-33(19-15-28)23-12-16-34(17-13-23)27(35)25-7-5-6-21(3)26(25)32/h5-11,20,23H,12-19,32H2,1-4H3. The molecule has 4 rings (SSSR count). The zero-order chi connectivity index (χ0) is 26.1. The minimum Gasteiger partial charge on any atom is -0.491 e. The summed E-state index contributed by atoms with van der Waals surface area (Å²) in [6.07, 6.45) is 3.91. The lowest BCUT2D eigenvalue weighted by atomic mass is 9.74. The summed E-state index contributed by atoms with van der Waals surface area (Å²) in [7, 11) is 0. The van der Waals surface area contributed by atoms with Crippen LogP contribution in [0.1, 0.15) is 67.9 Å². The fraction of sp³-hybridized carbons (Fsp3) is 0.552. The van der Waals surface area contributed by atoms with Gasteiger partial charge in [-0.1, -0.05) is 54.4 Å². The molecule has 0 aromatic heterocycles. The fourth-order valence-corrected chi connectivity index (χ4v) is 6.16. The molecular formula is C29H39Cl2N3O2. The summed E-state index contributed by atoms with van der Waals surface area (Å²) in [5.74, 6) is 0.868. The Hall–Kier alpha value is -1.95. The van der Waals surface area contributed by atoms with Gasteiger partial charge in [-0.3, -0.25) is 4.79 Å². The van der Waals surface area contributed by atoms with Crippen LogP contribution in [-0.2, 0) is 4.33 Å². The quantitative estimate of drug-likeness (QED) is 0.346. The Morgan fingerprint density at radius 1 is 1.06 bits per heavy atom. The highest BCUT2D eigenvalue weighted by atomic mass is 35.5. The Balaban J connectivity index is 1.33. The van der Waals surface area contributed by atoms with Crippen LogP contribution in [0.2, 0.25) is 0 Å². The van der Waals surface area contributed by atoms with Gasteiger partial charge in [-0.15, -0.1) is 0 Å². The molecule has 0 atom stereocenters. The number of carbonyl (C=O) groups excluding carboxylic acids is 1. The number of para-hydroxylation sites is 1. The fourth-order valence-electron chi connectivity index (χ4n) is 5.53. The molecule has 5 nitrogen and oxygen atoms in total. The summed E-state index contributed by atoms with van der Waals surface area (Å²) in [5.41, 5.74) is 9.02. The maximum atomic E-state index is 13.1. The maximum absolute atomic E-state index is 13.1. The molecule has 196 valence electrons. The molecule has 0 unspecified atom stereocenters. The summed E-state index contributed by atoms with van der Waals surface area (Å²) < 4.78 is 4.80. The number of ether oxygens (including phenoxy) is 1. The van der Waals surface area contributed by atoms with Crippen LogP contribution >= 0.6 is 23.2 Å². The second-order valence-electron chi connectivity index (χ2n) is 10.9. The van der Waals surface area contributed by atoms with E-state index in [1.807, 2.05) is 68.1 Å². The number of amides is 1. The van der Waals surface area contributed by atoms with Crippen LogP contribution in [0, 0.1) is 12.3 Å². The number of nitrogens with zero attached hydrogens (tertiary/aromatic N) is 2. The van der Waals surface area contributed by atoms with Crippen LogP contribution < -0.4 is 10.5 Å². The summed E-state index contributed by atoms with van der Waals surface area (Å²) >= 11 is 14.1. The van der Waals surface area contributed by atoms with Crippen LogP contribution in [0.4, 0.5) is 5.69 Å². The highest BCUT2D eigenvalue weighted by molar-refractivity contribution is 6.48. The van der Waals surface area contributed by atoms with Crippen molar-refractivity contribution in [1.29, 1.82) is 0 Å². The molecule has 2 heterocycles. The molecule has 2 fully saturated rings. The largest absolute Gasteiger partial charge is 0.491 e.